The maximum Gasteiger partial charge on any atom is 0.294 e. The summed E-state index contributed by atoms with van der Waals surface area (Å²) in [5, 5.41) is 13.8. The molecule has 20 heavy (non-hydrogen) atoms. The number of benzene rings is 1. The van der Waals surface area contributed by atoms with Crippen molar-refractivity contribution in [3.8, 4) is 0 Å². The Labute approximate surface area is 125 Å². The highest BCUT2D eigenvalue weighted by Crippen LogP contribution is 2.26. The van der Waals surface area contributed by atoms with E-state index >= 15 is 0 Å². The number of anilines is 2. The lowest BCUT2D eigenvalue weighted by Gasteiger charge is -2.05. The zero-order valence-electron chi connectivity index (χ0n) is 9.79. The monoisotopic (exact) mass is 357 g/mol. The number of carbonyl (C=O) groups excluding carboxylic acids is 1. The molecule has 0 bridgehead atoms. The number of nitrogens with zero attached hydrogens (tertiary/aromatic N) is 2. The van der Waals surface area contributed by atoms with Crippen LogP contribution in [0.2, 0.25) is 0 Å². The van der Waals surface area contributed by atoms with Gasteiger partial charge in [0.05, 0.1) is 14.9 Å². The van der Waals surface area contributed by atoms with Gasteiger partial charge in [-0.15, -0.1) is 0 Å². The number of nitrogens with two attached hydrogens (primary N) is 1. The largest absolute Gasteiger partial charge is 0.318 e. The van der Waals surface area contributed by atoms with E-state index in [-0.39, 0.29) is 16.9 Å². The Morgan fingerprint density at radius 2 is 2.25 bits per heavy atom. The molecule has 2 rings (SSSR count). The van der Waals surface area contributed by atoms with Gasteiger partial charge in [-0.1, -0.05) is 11.3 Å². The second kappa shape index (κ2) is 5.94. The summed E-state index contributed by atoms with van der Waals surface area (Å²) in [5.41, 5.74) is 2.20. The Bertz CT molecular complexity index is 675. The van der Waals surface area contributed by atoms with E-state index < -0.39 is 10.8 Å². The second-order valence-corrected chi connectivity index (χ2v) is 5.97. The van der Waals surface area contributed by atoms with E-state index in [2.05, 4.69) is 31.7 Å². The van der Waals surface area contributed by atoms with Crippen molar-refractivity contribution in [3.05, 3.63) is 43.9 Å². The molecular weight excluding hydrogens is 350 g/mol. The van der Waals surface area contributed by atoms with E-state index in [1.54, 1.807) is 6.20 Å². The van der Waals surface area contributed by atoms with Crippen LogP contribution < -0.4 is 16.6 Å². The van der Waals surface area contributed by atoms with Crippen LogP contribution in [0, 0.1) is 10.1 Å². The summed E-state index contributed by atoms with van der Waals surface area (Å²) in [6.45, 7) is 0. The summed E-state index contributed by atoms with van der Waals surface area (Å²) in [6.07, 6.45) is 1.55. The fraction of sp³-hybridized carbons (Fsp3) is 0. The van der Waals surface area contributed by atoms with Crippen LogP contribution in [-0.2, 0) is 0 Å². The van der Waals surface area contributed by atoms with Gasteiger partial charge in [-0.25, -0.2) is 4.98 Å². The minimum absolute atomic E-state index is 0.128. The molecule has 0 radical (unpaired) electrons. The van der Waals surface area contributed by atoms with E-state index in [1.165, 1.54) is 23.5 Å². The molecule has 1 aromatic heterocycles. The van der Waals surface area contributed by atoms with Gasteiger partial charge in [-0.3, -0.25) is 26.1 Å². The first-order valence-corrected chi connectivity index (χ1v) is 6.80. The van der Waals surface area contributed by atoms with E-state index in [9.17, 15) is 14.9 Å². The Kier molecular flexibility index (Phi) is 4.27. The molecule has 1 heterocycles. The molecule has 0 aliphatic carbocycles. The Balaban J connectivity index is 2.26. The van der Waals surface area contributed by atoms with Crippen molar-refractivity contribution < 1.29 is 9.72 Å². The molecule has 0 fully saturated rings. The molecular formula is C10H8BrN5O3S. The number of thiazole rings is 1. The first-order valence-electron chi connectivity index (χ1n) is 5.19. The zero-order chi connectivity index (χ0) is 14.7. The number of hydrogen-bond acceptors (Lipinski definition) is 7. The van der Waals surface area contributed by atoms with Gasteiger partial charge >= 0.3 is 0 Å². The third-order valence-corrected chi connectivity index (χ3v) is 3.70. The van der Waals surface area contributed by atoms with Gasteiger partial charge in [0, 0.05) is 11.6 Å². The Morgan fingerprint density at radius 1 is 1.50 bits per heavy atom. The van der Waals surface area contributed by atoms with Crippen molar-refractivity contribution in [3.63, 3.8) is 0 Å². The highest BCUT2D eigenvalue weighted by atomic mass is 79.9. The van der Waals surface area contributed by atoms with Crippen molar-refractivity contribution in [2.75, 3.05) is 10.7 Å². The number of nitro benzene ring substituents is 1. The molecule has 104 valence electrons. The maximum atomic E-state index is 12.0. The predicted molar refractivity (Wildman–Crippen MR) is 78.7 cm³/mol. The Morgan fingerprint density at radius 3 is 2.80 bits per heavy atom. The third-order valence-electron chi connectivity index (χ3n) is 2.31. The normalized spacial score (nSPS) is 10.1. The summed E-state index contributed by atoms with van der Waals surface area (Å²) in [6, 6.07) is 3.94. The van der Waals surface area contributed by atoms with Gasteiger partial charge in [-0.2, -0.15) is 0 Å². The van der Waals surface area contributed by atoms with Gasteiger partial charge < -0.3 is 5.43 Å². The van der Waals surface area contributed by atoms with Crippen LogP contribution in [0.4, 0.5) is 16.5 Å². The fourth-order valence-electron chi connectivity index (χ4n) is 1.43. The number of nitro groups is 1. The number of nitrogen functional groups attached to an aromatic ring is 1. The number of hydrogen-bond donors (Lipinski definition) is 3. The van der Waals surface area contributed by atoms with Crippen LogP contribution in [0.1, 0.15) is 10.4 Å². The van der Waals surface area contributed by atoms with E-state index in [0.717, 1.165) is 9.85 Å². The molecule has 2 aromatic rings. The molecule has 0 aliphatic heterocycles. The molecule has 0 unspecified atom stereocenters. The van der Waals surface area contributed by atoms with E-state index in [0.29, 0.717) is 5.13 Å². The van der Waals surface area contributed by atoms with Crippen LogP contribution in [0.3, 0.4) is 0 Å². The average Bonchev–Trinajstić information content (AvgIpc) is 2.83. The molecule has 0 aliphatic rings. The van der Waals surface area contributed by atoms with Gasteiger partial charge in [0.15, 0.2) is 5.13 Å². The SMILES string of the molecule is NNc1ccc(C(=O)Nc2ncc(Br)s2)cc1[N+](=O)[O-]. The second-order valence-electron chi connectivity index (χ2n) is 3.56. The molecule has 0 atom stereocenters. The Hall–Kier alpha value is -2.04. The smallest absolute Gasteiger partial charge is 0.294 e. The quantitative estimate of drug-likeness (QED) is 0.438. The van der Waals surface area contributed by atoms with Crippen LogP contribution in [-0.4, -0.2) is 15.8 Å². The highest BCUT2D eigenvalue weighted by Gasteiger charge is 2.17. The van der Waals surface area contributed by atoms with Crippen LogP contribution in [0.5, 0.6) is 0 Å². The van der Waals surface area contributed by atoms with Crippen LogP contribution in [0.15, 0.2) is 28.2 Å². The maximum absolute atomic E-state index is 12.0. The molecule has 8 nitrogen and oxygen atoms in total. The van der Waals surface area contributed by atoms with Crippen molar-refractivity contribution in [2.45, 2.75) is 0 Å². The van der Waals surface area contributed by atoms with Crippen LogP contribution >= 0.6 is 27.3 Å². The average molecular weight is 358 g/mol. The minimum atomic E-state index is -0.619. The van der Waals surface area contributed by atoms with Crippen LogP contribution in [0.25, 0.3) is 0 Å². The van der Waals surface area contributed by atoms with E-state index in [4.69, 9.17) is 5.84 Å². The molecule has 0 saturated carbocycles. The standard InChI is InChI=1S/C10H8BrN5O3S/c11-8-4-13-10(20-8)14-9(17)5-1-2-6(15-12)7(3-5)16(18)19/h1-4,15H,12H2,(H,13,14,17). The fourth-order valence-corrected chi connectivity index (χ4v) is 2.53. The van der Waals surface area contributed by atoms with Gasteiger partial charge in [0.25, 0.3) is 11.6 Å². The molecule has 4 N–H and O–H groups in total. The van der Waals surface area contributed by atoms with Crippen molar-refractivity contribution in [2.24, 2.45) is 5.84 Å². The summed E-state index contributed by atoms with van der Waals surface area (Å²) in [7, 11) is 0. The van der Waals surface area contributed by atoms with E-state index in [1.807, 2.05) is 0 Å². The number of carbonyl (C=O) groups is 1. The highest BCUT2D eigenvalue weighted by molar-refractivity contribution is 9.11. The third kappa shape index (κ3) is 3.10. The summed E-state index contributed by atoms with van der Waals surface area (Å²) in [4.78, 5) is 26.2. The van der Waals surface area contributed by atoms with Crippen molar-refractivity contribution >= 4 is 49.7 Å². The van der Waals surface area contributed by atoms with Gasteiger partial charge in [-0.05, 0) is 28.1 Å². The lowest BCUT2D eigenvalue weighted by Crippen LogP contribution is -2.14. The van der Waals surface area contributed by atoms with Gasteiger partial charge in [0.2, 0.25) is 0 Å². The molecule has 0 saturated heterocycles. The predicted octanol–water partition coefficient (Wildman–Crippen LogP) is 2.35. The number of rotatable bonds is 4. The number of nitrogens with one attached hydrogen (secondary N) is 2. The number of hydrazine groups is 1. The summed E-state index contributed by atoms with van der Waals surface area (Å²) >= 11 is 4.46. The lowest BCUT2D eigenvalue weighted by atomic mass is 10.1. The molecule has 0 spiro atoms. The number of halogens is 1. The number of aromatic nitrogens is 1. The first kappa shape index (κ1) is 14.4. The molecule has 1 aromatic carbocycles. The zero-order valence-corrected chi connectivity index (χ0v) is 12.2. The molecule has 1 amide bonds. The van der Waals surface area contributed by atoms with Gasteiger partial charge in [0.1, 0.15) is 5.69 Å². The van der Waals surface area contributed by atoms with Crippen molar-refractivity contribution in [1.29, 1.82) is 0 Å². The van der Waals surface area contributed by atoms with Crippen molar-refractivity contribution in [1.82, 2.24) is 4.98 Å². The summed E-state index contributed by atoms with van der Waals surface area (Å²) in [5.74, 6) is 4.68. The summed E-state index contributed by atoms with van der Waals surface area (Å²) < 4.78 is 0.765. The topological polar surface area (TPSA) is 123 Å². The number of amides is 1. The first-order chi connectivity index (χ1) is 9.51. The lowest BCUT2D eigenvalue weighted by molar-refractivity contribution is -0.384. The minimum Gasteiger partial charge on any atom is -0.318 e. The molecule has 10 heteroatoms.